The summed E-state index contributed by atoms with van der Waals surface area (Å²) in [6.07, 6.45) is -4.79. The summed E-state index contributed by atoms with van der Waals surface area (Å²) in [4.78, 5) is 0. The Bertz CT molecular complexity index is 654. The molecule has 0 unspecified atom stereocenters. The van der Waals surface area contributed by atoms with Crippen LogP contribution in [0.25, 0.3) is 0 Å². The van der Waals surface area contributed by atoms with Crippen LogP contribution in [0.5, 0.6) is 23.0 Å². The predicted molar refractivity (Wildman–Crippen MR) is 77.8 cm³/mol. The Morgan fingerprint density at radius 3 is 1.87 bits per heavy atom. The first-order valence-corrected chi connectivity index (χ1v) is 6.03. The fourth-order valence-corrected chi connectivity index (χ4v) is 1.97. The molecule has 0 saturated heterocycles. The number of phenolic OH excluding ortho intramolecular Hbond substituents is 3. The Hall–Kier alpha value is -2.32. The molecule has 0 amide bonds. The molecule has 0 bridgehead atoms. The molecule has 0 heterocycles. The zero-order valence-corrected chi connectivity index (χ0v) is 12.2. The number of nitrogens with two attached hydrogens (primary N) is 1. The highest BCUT2D eigenvalue weighted by Gasteiger charge is 2.31. The lowest BCUT2D eigenvalue weighted by atomic mass is 9.97. The number of hydrogen-bond acceptors (Lipinski definition) is 5. The standard InChI is InChI=1S/C14H12F3NO4.ClH/c15-14(16,17)22-9-3-1-7(2-4-9)13(18)12-10(20)5-8(19)6-11(12)21;/h1-6,13,19-21H,18H2;1H/t13-;/m1./s1. The van der Waals surface area contributed by atoms with Gasteiger partial charge in [-0.25, -0.2) is 0 Å². The highest BCUT2D eigenvalue weighted by Crippen LogP contribution is 2.38. The minimum absolute atomic E-state index is 0. The van der Waals surface area contributed by atoms with Gasteiger partial charge in [-0.1, -0.05) is 12.1 Å². The number of benzene rings is 2. The molecule has 0 saturated carbocycles. The third kappa shape index (κ3) is 4.57. The van der Waals surface area contributed by atoms with Crippen molar-refractivity contribution in [2.75, 3.05) is 0 Å². The van der Waals surface area contributed by atoms with E-state index in [2.05, 4.69) is 4.74 Å². The molecule has 0 aliphatic rings. The molecule has 2 aromatic carbocycles. The van der Waals surface area contributed by atoms with Crippen LogP contribution in [0.2, 0.25) is 0 Å². The number of phenols is 3. The smallest absolute Gasteiger partial charge is 0.508 e. The molecule has 0 aliphatic carbocycles. The second kappa shape index (κ2) is 6.84. The normalized spacial score (nSPS) is 12.3. The summed E-state index contributed by atoms with van der Waals surface area (Å²) < 4.78 is 39.9. The van der Waals surface area contributed by atoms with Gasteiger partial charge in [-0.2, -0.15) is 0 Å². The van der Waals surface area contributed by atoms with E-state index >= 15 is 0 Å². The van der Waals surface area contributed by atoms with Gasteiger partial charge >= 0.3 is 6.36 Å². The van der Waals surface area contributed by atoms with Crippen LogP contribution < -0.4 is 10.5 Å². The molecule has 5 nitrogen and oxygen atoms in total. The molecular weight excluding hydrogens is 339 g/mol. The van der Waals surface area contributed by atoms with Crippen LogP contribution in [-0.2, 0) is 0 Å². The van der Waals surface area contributed by atoms with Gasteiger partial charge in [-0.05, 0) is 17.7 Å². The Morgan fingerprint density at radius 2 is 1.43 bits per heavy atom. The van der Waals surface area contributed by atoms with Crippen LogP contribution in [0.4, 0.5) is 13.2 Å². The van der Waals surface area contributed by atoms with Crippen molar-refractivity contribution in [3.05, 3.63) is 47.5 Å². The summed E-state index contributed by atoms with van der Waals surface area (Å²) in [6.45, 7) is 0. The van der Waals surface area contributed by atoms with E-state index in [4.69, 9.17) is 5.73 Å². The van der Waals surface area contributed by atoms with Crippen LogP contribution in [0.15, 0.2) is 36.4 Å². The van der Waals surface area contributed by atoms with E-state index < -0.39 is 29.7 Å². The molecule has 0 aromatic heterocycles. The molecule has 126 valence electrons. The van der Waals surface area contributed by atoms with Crippen LogP contribution in [0.1, 0.15) is 17.2 Å². The molecule has 0 aliphatic heterocycles. The summed E-state index contributed by atoms with van der Waals surface area (Å²) >= 11 is 0. The Kier molecular flexibility index (Phi) is 5.57. The maximum atomic E-state index is 12.1. The molecule has 2 rings (SSSR count). The monoisotopic (exact) mass is 351 g/mol. The van der Waals surface area contributed by atoms with Gasteiger partial charge in [0.1, 0.15) is 23.0 Å². The average Bonchev–Trinajstić information content (AvgIpc) is 2.36. The number of aromatic hydroxyl groups is 3. The van der Waals surface area contributed by atoms with Gasteiger partial charge in [0.05, 0.1) is 11.6 Å². The fraction of sp³-hybridized carbons (Fsp3) is 0.143. The van der Waals surface area contributed by atoms with Gasteiger partial charge in [-0.15, -0.1) is 25.6 Å². The summed E-state index contributed by atoms with van der Waals surface area (Å²) in [5.74, 6) is -1.62. The van der Waals surface area contributed by atoms with Crippen LogP contribution in [-0.4, -0.2) is 21.7 Å². The molecule has 0 spiro atoms. The molecule has 1 atom stereocenters. The molecule has 23 heavy (non-hydrogen) atoms. The van der Waals surface area contributed by atoms with Gasteiger partial charge in [0, 0.05) is 12.1 Å². The SMILES string of the molecule is Cl.N[C@H](c1ccc(OC(F)(F)F)cc1)c1c(O)cc(O)cc1O. The minimum atomic E-state index is -4.79. The quantitative estimate of drug-likeness (QED) is 0.681. The van der Waals surface area contributed by atoms with E-state index in [1.807, 2.05) is 0 Å². The van der Waals surface area contributed by atoms with E-state index in [0.717, 1.165) is 24.3 Å². The third-order valence-corrected chi connectivity index (χ3v) is 2.90. The molecule has 0 fully saturated rings. The maximum Gasteiger partial charge on any atom is 0.573 e. The lowest BCUT2D eigenvalue weighted by molar-refractivity contribution is -0.274. The van der Waals surface area contributed by atoms with Crippen molar-refractivity contribution in [1.82, 2.24) is 0 Å². The Balaban J connectivity index is 0.00000264. The fourth-order valence-electron chi connectivity index (χ4n) is 1.97. The van der Waals surface area contributed by atoms with E-state index in [-0.39, 0.29) is 23.7 Å². The summed E-state index contributed by atoms with van der Waals surface area (Å²) in [5.41, 5.74) is 6.17. The lowest BCUT2D eigenvalue weighted by Crippen LogP contribution is -2.17. The van der Waals surface area contributed by atoms with Gasteiger partial charge in [0.25, 0.3) is 0 Å². The van der Waals surface area contributed by atoms with Crippen molar-refractivity contribution >= 4 is 12.4 Å². The Morgan fingerprint density at radius 1 is 0.957 bits per heavy atom. The van der Waals surface area contributed by atoms with Crippen molar-refractivity contribution in [3.8, 4) is 23.0 Å². The van der Waals surface area contributed by atoms with Gasteiger partial charge in [0.2, 0.25) is 0 Å². The number of rotatable bonds is 3. The first kappa shape index (κ1) is 18.7. The first-order valence-electron chi connectivity index (χ1n) is 6.03. The number of alkyl halides is 3. The summed E-state index contributed by atoms with van der Waals surface area (Å²) in [5, 5.41) is 28.7. The predicted octanol–water partition coefficient (Wildman–Crippen LogP) is 3.17. The number of ether oxygens (including phenoxy) is 1. The van der Waals surface area contributed by atoms with Crippen molar-refractivity contribution in [2.45, 2.75) is 12.4 Å². The van der Waals surface area contributed by atoms with E-state index in [0.29, 0.717) is 5.56 Å². The molecular formula is C14H13ClF3NO4. The molecule has 9 heteroatoms. The second-order valence-corrected chi connectivity index (χ2v) is 4.49. The van der Waals surface area contributed by atoms with E-state index in [1.165, 1.54) is 12.1 Å². The van der Waals surface area contributed by atoms with Crippen molar-refractivity contribution in [3.63, 3.8) is 0 Å². The van der Waals surface area contributed by atoms with E-state index in [9.17, 15) is 28.5 Å². The van der Waals surface area contributed by atoms with Crippen molar-refractivity contribution < 1.29 is 33.2 Å². The van der Waals surface area contributed by atoms with Gasteiger partial charge < -0.3 is 25.8 Å². The largest absolute Gasteiger partial charge is 0.573 e. The maximum absolute atomic E-state index is 12.1. The van der Waals surface area contributed by atoms with Crippen LogP contribution >= 0.6 is 12.4 Å². The second-order valence-electron chi connectivity index (χ2n) is 4.49. The first-order chi connectivity index (χ1) is 10.2. The number of hydrogen-bond donors (Lipinski definition) is 4. The van der Waals surface area contributed by atoms with Crippen molar-refractivity contribution in [2.24, 2.45) is 5.73 Å². The molecule has 5 N–H and O–H groups in total. The zero-order valence-electron chi connectivity index (χ0n) is 11.4. The summed E-state index contributed by atoms with van der Waals surface area (Å²) in [6, 6.07) is 5.68. The van der Waals surface area contributed by atoms with Crippen molar-refractivity contribution in [1.29, 1.82) is 0 Å². The highest BCUT2D eigenvalue weighted by atomic mass is 35.5. The lowest BCUT2D eigenvalue weighted by Gasteiger charge is -2.16. The van der Waals surface area contributed by atoms with Gasteiger partial charge in [-0.3, -0.25) is 0 Å². The molecule has 0 radical (unpaired) electrons. The van der Waals surface area contributed by atoms with Crippen LogP contribution in [0, 0.1) is 0 Å². The number of halogens is 4. The Labute approximate surface area is 135 Å². The average molecular weight is 352 g/mol. The van der Waals surface area contributed by atoms with Gasteiger partial charge in [0.15, 0.2) is 0 Å². The molecule has 2 aromatic rings. The summed E-state index contributed by atoms with van der Waals surface area (Å²) in [7, 11) is 0. The zero-order chi connectivity index (χ0) is 16.5. The third-order valence-electron chi connectivity index (χ3n) is 2.90. The highest BCUT2D eigenvalue weighted by molar-refractivity contribution is 5.85. The van der Waals surface area contributed by atoms with E-state index in [1.54, 1.807) is 0 Å². The van der Waals surface area contributed by atoms with Crippen LogP contribution in [0.3, 0.4) is 0 Å². The minimum Gasteiger partial charge on any atom is -0.508 e. The topological polar surface area (TPSA) is 95.9 Å².